The van der Waals surface area contributed by atoms with Gasteiger partial charge in [-0.15, -0.1) is 12.4 Å². The van der Waals surface area contributed by atoms with Gasteiger partial charge in [0, 0.05) is 13.1 Å². The minimum atomic E-state index is -3.37. The second-order valence-electron chi connectivity index (χ2n) is 4.98. The van der Waals surface area contributed by atoms with Crippen LogP contribution in [0.25, 0.3) is 0 Å². The molecule has 0 aliphatic carbocycles. The third kappa shape index (κ3) is 4.32. The molecule has 0 radical (unpaired) electrons. The third-order valence-electron chi connectivity index (χ3n) is 3.51. The van der Waals surface area contributed by atoms with Crippen LogP contribution in [0.4, 0.5) is 0 Å². The van der Waals surface area contributed by atoms with Gasteiger partial charge in [-0.25, -0.2) is 8.42 Å². The van der Waals surface area contributed by atoms with E-state index in [1.165, 1.54) is 0 Å². The predicted molar refractivity (Wildman–Crippen MR) is 85.7 cm³/mol. The Morgan fingerprint density at radius 1 is 1.33 bits per heavy atom. The maximum absolute atomic E-state index is 12.5. The van der Waals surface area contributed by atoms with E-state index in [0.717, 1.165) is 13.0 Å². The van der Waals surface area contributed by atoms with E-state index >= 15 is 0 Å². The largest absolute Gasteiger partial charge is 0.494 e. The number of hydrogen-bond donors (Lipinski definition) is 1. The van der Waals surface area contributed by atoms with Gasteiger partial charge < -0.3 is 10.1 Å². The SMILES string of the molecule is CCOc1ccc(S(=O)(=O)N2CCC(CNC)C2)cc1.Cl. The Balaban J connectivity index is 0.00000220. The fourth-order valence-electron chi connectivity index (χ4n) is 2.49. The van der Waals surface area contributed by atoms with Crippen LogP contribution < -0.4 is 10.1 Å². The molecule has 7 heteroatoms. The molecular weight excluding hydrogens is 312 g/mol. The van der Waals surface area contributed by atoms with Gasteiger partial charge in [-0.3, -0.25) is 0 Å². The first-order valence-electron chi connectivity index (χ1n) is 6.95. The quantitative estimate of drug-likeness (QED) is 0.861. The highest BCUT2D eigenvalue weighted by atomic mass is 35.5. The van der Waals surface area contributed by atoms with Gasteiger partial charge in [-0.2, -0.15) is 4.31 Å². The zero-order valence-electron chi connectivity index (χ0n) is 12.4. The van der Waals surface area contributed by atoms with Crippen LogP contribution in [0, 0.1) is 5.92 Å². The van der Waals surface area contributed by atoms with Crippen LogP contribution >= 0.6 is 12.4 Å². The molecule has 1 aliphatic heterocycles. The molecule has 1 saturated heterocycles. The molecule has 1 aromatic rings. The van der Waals surface area contributed by atoms with Crippen LogP contribution in [0.2, 0.25) is 0 Å². The minimum Gasteiger partial charge on any atom is -0.494 e. The number of ether oxygens (including phenoxy) is 1. The van der Waals surface area contributed by atoms with Crippen LogP contribution in [-0.4, -0.2) is 46.0 Å². The van der Waals surface area contributed by atoms with Crippen LogP contribution in [-0.2, 0) is 10.0 Å². The number of nitrogens with one attached hydrogen (secondary N) is 1. The molecule has 120 valence electrons. The molecule has 1 aliphatic rings. The summed E-state index contributed by atoms with van der Waals surface area (Å²) in [5.74, 6) is 1.10. The zero-order chi connectivity index (χ0) is 14.6. The van der Waals surface area contributed by atoms with E-state index in [-0.39, 0.29) is 12.4 Å². The number of sulfonamides is 1. The van der Waals surface area contributed by atoms with Gasteiger partial charge in [0.25, 0.3) is 0 Å². The Bertz CT molecular complexity index is 534. The highest BCUT2D eigenvalue weighted by molar-refractivity contribution is 7.89. The molecule has 0 aromatic heterocycles. The number of nitrogens with zero attached hydrogens (tertiary/aromatic N) is 1. The van der Waals surface area contributed by atoms with Crippen LogP contribution in [0.5, 0.6) is 5.75 Å². The van der Waals surface area contributed by atoms with Crippen molar-refractivity contribution in [3.8, 4) is 5.75 Å². The molecule has 1 heterocycles. The van der Waals surface area contributed by atoms with Crippen molar-refractivity contribution in [2.45, 2.75) is 18.2 Å². The summed E-state index contributed by atoms with van der Waals surface area (Å²) in [5.41, 5.74) is 0. The number of hydrogen-bond acceptors (Lipinski definition) is 4. The van der Waals surface area contributed by atoms with E-state index in [2.05, 4.69) is 5.32 Å². The Kier molecular flexibility index (Phi) is 6.93. The molecule has 21 heavy (non-hydrogen) atoms. The van der Waals surface area contributed by atoms with Crippen molar-refractivity contribution in [3.63, 3.8) is 0 Å². The van der Waals surface area contributed by atoms with E-state index in [9.17, 15) is 8.42 Å². The molecular formula is C14H23ClN2O3S. The maximum atomic E-state index is 12.5. The Labute approximate surface area is 133 Å². The molecule has 2 rings (SSSR count). The molecule has 1 aromatic carbocycles. The van der Waals surface area contributed by atoms with Gasteiger partial charge in [0.05, 0.1) is 11.5 Å². The van der Waals surface area contributed by atoms with Gasteiger partial charge >= 0.3 is 0 Å². The lowest BCUT2D eigenvalue weighted by atomic mass is 10.1. The van der Waals surface area contributed by atoms with Crippen molar-refractivity contribution in [2.75, 3.05) is 33.3 Å². The molecule has 1 unspecified atom stereocenters. The van der Waals surface area contributed by atoms with E-state index in [1.807, 2.05) is 14.0 Å². The topological polar surface area (TPSA) is 58.6 Å². The monoisotopic (exact) mass is 334 g/mol. The molecule has 1 fully saturated rings. The van der Waals surface area contributed by atoms with E-state index in [0.29, 0.717) is 36.3 Å². The molecule has 0 bridgehead atoms. The Hall–Kier alpha value is -0.820. The second-order valence-corrected chi connectivity index (χ2v) is 6.92. The normalized spacial score (nSPS) is 19.2. The number of benzene rings is 1. The lowest BCUT2D eigenvalue weighted by Gasteiger charge is -2.17. The summed E-state index contributed by atoms with van der Waals surface area (Å²) in [5, 5.41) is 3.10. The van der Waals surface area contributed by atoms with E-state index in [4.69, 9.17) is 4.74 Å². The van der Waals surface area contributed by atoms with Gasteiger partial charge in [-0.1, -0.05) is 0 Å². The van der Waals surface area contributed by atoms with Crippen molar-refractivity contribution in [1.29, 1.82) is 0 Å². The van der Waals surface area contributed by atoms with Crippen LogP contribution in [0.3, 0.4) is 0 Å². The van der Waals surface area contributed by atoms with Crippen LogP contribution in [0.1, 0.15) is 13.3 Å². The maximum Gasteiger partial charge on any atom is 0.243 e. The van der Waals surface area contributed by atoms with Gasteiger partial charge in [0.15, 0.2) is 0 Å². The number of halogens is 1. The summed E-state index contributed by atoms with van der Waals surface area (Å²) in [4.78, 5) is 0.339. The van der Waals surface area contributed by atoms with Crippen molar-refractivity contribution in [3.05, 3.63) is 24.3 Å². The van der Waals surface area contributed by atoms with Crippen molar-refractivity contribution in [2.24, 2.45) is 5.92 Å². The Morgan fingerprint density at radius 3 is 2.57 bits per heavy atom. The third-order valence-corrected chi connectivity index (χ3v) is 5.39. The highest BCUT2D eigenvalue weighted by Crippen LogP contribution is 2.25. The van der Waals surface area contributed by atoms with Gasteiger partial charge in [0.1, 0.15) is 5.75 Å². The fraction of sp³-hybridized carbons (Fsp3) is 0.571. The summed E-state index contributed by atoms with van der Waals surface area (Å²) in [6, 6.07) is 6.65. The van der Waals surface area contributed by atoms with Crippen molar-refractivity contribution < 1.29 is 13.2 Å². The Morgan fingerprint density at radius 2 is 2.00 bits per heavy atom. The molecule has 1 N–H and O–H groups in total. The van der Waals surface area contributed by atoms with Crippen molar-refractivity contribution >= 4 is 22.4 Å². The van der Waals surface area contributed by atoms with Crippen molar-refractivity contribution in [1.82, 2.24) is 9.62 Å². The first kappa shape index (κ1) is 18.2. The first-order chi connectivity index (χ1) is 9.57. The average molecular weight is 335 g/mol. The molecule has 0 amide bonds. The molecule has 0 saturated carbocycles. The summed E-state index contributed by atoms with van der Waals surface area (Å²) in [6.45, 7) is 4.52. The lowest BCUT2D eigenvalue weighted by Crippen LogP contribution is -2.30. The van der Waals surface area contributed by atoms with Gasteiger partial charge in [0.2, 0.25) is 10.0 Å². The smallest absolute Gasteiger partial charge is 0.243 e. The van der Waals surface area contributed by atoms with Gasteiger partial charge in [-0.05, 0) is 57.1 Å². The zero-order valence-corrected chi connectivity index (χ0v) is 14.0. The molecule has 0 spiro atoms. The fourth-order valence-corrected chi connectivity index (χ4v) is 4.03. The summed E-state index contributed by atoms with van der Waals surface area (Å²) in [7, 11) is -1.48. The minimum absolute atomic E-state index is 0. The predicted octanol–water partition coefficient (Wildman–Crippen LogP) is 1.74. The molecule has 5 nitrogen and oxygen atoms in total. The summed E-state index contributed by atoms with van der Waals surface area (Å²) >= 11 is 0. The second kappa shape index (κ2) is 7.98. The standard InChI is InChI=1S/C14H22N2O3S.ClH/c1-3-19-13-4-6-14(7-5-13)20(17,18)16-9-8-12(11-16)10-15-2;/h4-7,12,15H,3,8-11H2,1-2H3;1H. The molecule has 1 atom stereocenters. The lowest BCUT2D eigenvalue weighted by molar-refractivity contribution is 0.340. The van der Waals surface area contributed by atoms with E-state index < -0.39 is 10.0 Å². The first-order valence-corrected chi connectivity index (χ1v) is 8.39. The van der Waals surface area contributed by atoms with E-state index in [1.54, 1.807) is 28.6 Å². The number of rotatable bonds is 6. The average Bonchev–Trinajstić information content (AvgIpc) is 2.90. The highest BCUT2D eigenvalue weighted by Gasteiger charge is 2.32. The van der Waals surface area contributed by atoms with Crippen LogP contribution in [0.15, 0.2) is 29.2 Å². The summed E-state index contributed by atoms with van der Waals surface area (Å²) < 4.78 is 31.9. The summed E-state index contributed by atoms with van der Waals surface area (Å²) in [6.07, 6.45) is 0.914.